The summed E-state index contributed by atoms with van der Waals surface area (Å²) in [5, 5.41) is 4.16. The number of nitrogens with one attached hydrogen (secondary N) is 1. The Labute approximate surface area is 119 Å². The Morgan fingerprint density at radius 3 is 2.42 bits per heavy atom. The lowest BCUT2D eigenvalue weighted by atomic mass is 10.2. The van der Waals surface area contributed by atoms with Crippen LogP contribution in [-0.2, 0) is 0 Å². The Balaban J connectivity index is 1.96. The summed E-state index contributed by atoms with van der Waals surface area (Å²) in [7, 11) is 0. The molecule has 0 saturated carbocycles. The molecule has 1 saturated heterocycles. The van der Waals surface area contributed by atoms with Crippen molar-refractivity contribution in [1.29, 1.82) is 0 Å². The maximum absolute atomic E-state index is 12.3. The number of rotatable bonds is 2. The zero-order valence-electron chi connectivity index (χ0n) is 12.0. The van der Waals surface area contributed by atoms with Crippen LogP contribution in [0.4, 0.5) is 4.79 Å². The quantitative estimate of drug-likeness (QED) is 0.903. The monoisotopic (exact) mass is 281 g/mol. The van der Waals surface area contributed by atoms with Gasteiger partial charge in [-0.2, -0.15) is 0 Å². The number of thiazole rings is 1. The van der Waals surface area contributed by atoms with E-state index in [0.29, 0.717) is 0 Å². The summed E-state index contributed by atoms with van der Waals surface area (Å²) in [6.45, 7) is 7.83. The first-order chi connectivity index (χ1) is 9.08. The zero-order chi connectivity index (χ0) is 13.8. The number of aromatic nitrogens is 1. The van der Waals surface area contributed by atoms with Gasteiger partial charge in [-0.25, -0.2) is 9.78 Å². The van der Waals surface area contributed by atoms with Gasteiger partial charge in [-0.3, -0.25) is 0 Å². The summed E-state index contributed by atoms with van der Waals surface area (Å²) in [4.78, 5) is 19.8. The number of likely N-dealkylation sites (tertiary alicyclic amines) is 1. The summed E-state index contributed by atoms with van der Waals surface area (Å²) in [6.07, 6.45) is 4.74. The third-order valence-electron chi connectivity index (χ3n) is 3.57. The van der Waals surface area contributed by atoms with Crippen LogP contribution in [0, 0.1) is 13.8 Å². The van der Waals surface area contributed by atoms with Gasteiger partial charge in [-0.05, 0) is 33.6 Å². The number of carbonyl (C=O) groups excluding carboxylic acids is 1. The highest BCUT2D eigenvalue weighted by atomic mass is 32.1. The Kier molecular flexibility index (Phi) is 4.80. The standard InChI is InChI=1S/C14H23N3OS/c1-10-13(19-12(3)15-10)11(2)16-14(18)17-8-6-4-5-7-9-17/h11H,4-9H2,1-3H3,(H,16,18). The predicted octanol–water partition coefficient (Wildman–Crippen LogP) is 3.41. The van der Waals surface area contributed by atoms with Gasteiger partial charge >= 0.3 is 6.03 Å². The molecule has 0 radical (unpaired) electrons. The normalized spacial score (nSPS) is 17.9. The molecular formula is C14H23N3OS. The second kappa shape index (κ2) is 6.37. The number of urea groups is 1. The first-order valence-corrected chi connectivity index (χ1v) is 7.89. The predicted molar refractivity (Wildman–Crippen MR) is 78.6 cm³/mol. The average Bonchev–Trinajstić information content (AvgIpc) is 2.58. The van der Waals surface area contributed by atoms with E-state index in [4.69, 9.17) is 0 Å². The van der Waals surface area contributed by atoms with Crippen molar-refractivity contribution in [3.05, 3.63) is 15.6 Å². The van der Waals surface area contributed by atoms with Gasteiger partial charge in [0.05, 0.1) is 16.7 Å². The van der Waals surface area contributed by atoms with E-state index in [0.717, 1.165) is 36.6 Å². The van der Waals surface area contributed by atoms with Gasteiger partial charge in [-0.15, -0.1) is 11.3 Å². The van der Waals surface area contributed by atoms with E-state index in [1.807, 2.05) is 25.7 Å². The number of hydrogen-bond acceptors (Lipinski definition) is 3. The fraction of sp³-hybridized carbons (Fsp3) is 0.714. The molecule has 19 heavy (non-hydrogen) atoms. The largest absolute Gasteiger partial charge is 0.331 e. The minimum atomic E-state index is 0.0435. The molecule has 5 heteroatoms. The Morgan fingerprint density at radius 1 is 1.26 bits per heavy atom. The highest BCUT2D eigenvalue weighted by Crippen LogP contribution is 2.24. The van der Waals surface area contributed by atoms with Crippen molar-refractivity contribution in [3.8, 4) is 0 Å². The lowest BCUT2D eigenvalue weighted by Crippen LogP contribution is -2.41. The smallest absolute Gasteiger partial charge is 0.317 e. The van der Waals surface area contributed by atoms with Crippen molar-refractivity contribution in [2.45, 2.75) is 52.5 Å². The highest BCUT2D eigenvalue weighted by molar-refractivity contribution is 7.11. The molecule has 1 aliphatic rings. The van der Waals surface area contributed by atoms with E-state index in [9.17, 15) is 4.79 Å². The van der Waals surface area contributed by atoms with Crippen LogP contribution in [0.5, 0.6) is 0 Å². The minimum Gasteiger partial charge on any atom is -0.331 e. The molecule has 1 fully saturated rings. The molecule has 106 valence electrons. The summed E-state index contributed by atoms with van der Waals surface area (Å²) in [5.74, 6) is 0. The van der Waals surface area contributed by atoms with Crippen LogP contribution < -0.4 is 5.32 Å². The fourth-order valence-electron chi connectivity index (χ4n) is 2.56. The summed E-state index contributed by atoms with van der Waals surface area (Å²) < 4.78 is 0. The van der Waals surface area contributed by atoms with Crippen LogP contribution >= 0.6 is 11.3 Å². The van der Waals surface area contributed by atoms with Gasteiger partial charge in [0.25, 0.3) is 0 Å². The Morgan fingerprint density at radius 2 is 1.89 bits per heavy atom. The number of aryl methyl sites for hydroxylation is 2. The van der Waals surface area contributed by atoms with E-state index in [-0.39, 0.29) is 12.1 Å². The molecule has 1 atom stereocenters. The summed E-state index contributed by atoms with van der Waals surface area (Å²) in [6, 6.07) is 0.113. The maximum Gasteiger partial charge on any atom is 0.317 e. The van der Waals surface area contributed by atoms with Gasteiger partial charge < -0.3 is 10.2 Å². The molecule has 4 nitrogen and oxygen atoms in total. The Bertz CT molecular complexity index is 436. The minimum absolute atomic E-state index is 0.0435. The molecule has 0 bridgehead atoms. The molecule has 0 aliphatic carbocycles. The molecule has 0 aromatic carbocycles. The molecule has 1 unspecified atom stereocenters. The molecule has 1 aromatic rings. The SMILES string of the molecule is Cc1nc(C)c(C(C)NC(=O)N2CCCCCC2)s1. The number of carbonyl (C=O) groups is 1. The van der Waals surface area contributed by atoms with Gasteiger partial charge in [-0.1, -0.05) is 12.8 Å². The lowest BCUT2D eigenvalue weighted by molar-refractivity contribution is 0.196. The van der Waals surface area contributed by atoms with E-state index in [1.54, 1.807) is 11.3 Å². The van der Waals surface area contributed by atoms with Crippen LogP contribution in [0.15, 0.2) is 0 Å². The van der Waals surface area contributed by atoms with Gasteiger partial charge in [0, 0.05) is 18.0 Å². The Hall–Kier alpha value is -1.10. The second-order valence-corrected chi connectivity index (χ2v) is 6.49. The highest BCUT2D eigenvalue weighted by Gasteiger charge is 2.20. The molecule has 2 amide bonds. The average molecular weight is 281 g/mol. The van der Waals surface area contributed by atoms with Crippen molar-refractivity contribution >= 4 is 17.4 Å². The molecule has 1 aromatic heterocycles. The topological polar surface area (TPSA) is 45.2 Å². The van der Waals surface area contributed by atoms with Crippen molar-refractivity contribution in [1.82, 2.24) is 15.2 Å². The van der Waals surface area contributed by atoms with Crippen molar-refractivity contribution in [2.24, 2.45) is 0 Å². The van der Waals surface area contributed by atoms with E-state index < -0.39 is 0 Å². The molecule has 1 aliphatic heterocycles. The first-order valence-electron chi connectivity index (χ1n) is 7.07. The van der Waals surface area contributed by atoms with Gasteiger partial charge in [0.1, 0.15) is 0 Å². The third kappa shape index (κ3) is 3.69. The zero-order valence-corrected chi connectivity index (χ0v) is 12.8. The molecule has 0 spiro atoms. The van der Waals surface area contributed by atoms with E-state index >= 15 is 0 Å². The van der Waals surface area contributed by atoms with Gasteiger partial charge in [0.15, 0.2) is 0 Å². The van der Waals surface area contributed by atoms with Crippen LogP contribution in [0.25, 0.3) is 0 Å². The van der Waals surface area contributed by atoms with Crippen molar-refractivity contribution in [3.63, 3.8) is 0 Å². The van der Waals surface area contributed by atoms with Crippen molar-refractivity contribution < 1.29 is 4.79 Å². The molecular weight excluding hydrogens is 258 g/mol. The fourth-order valence-corrected chi connectivity index (χ4v) is 3.49. The third-order valence-corrected chi connectivity index (χ3v) is 4.82. The number of nitrogens with zero attached hydrogens (tertiary/aromatic N) is 2. The maximum atomic E-state index is 12.3. The first kappa shape index (κ1) is 14.3. The lowest BCUT2D eigenvalue weighted by Gasteiger charge is -2.23. The van der Waals surface area contributed by atoms with Gasteiger partial charge in [0.2, 0.25) is 0 Å². The number of hydrogen-bond donors (Lipinski definition) is 1. The summed E-state index contributed by atoms with van der Waals surface area (Å²) >= 11 is 1.67. The van der Waals surface area contributed by atoms with E-state index in [2.05, 4.69) is 10.3 Å². The van der Waals surface area contributed by atoms with Crippen molar-refractivity contribution in [2.75, 3.05) is 13.1 Å². The molecule has 2 heterocycles. The van der Waals surface area contributed by atoms with Crippen LogP contribution in [0.2, 0.25) is 0 Å². The summed E-state index contributed by atoms with van der Waals surface area (Å²) in [5.41, 5.74) is 1.03. The van der Waals surface area contributed by atoms with Crippen LogP contribution in [0.1, 0.15) is 54.2 Å². The molecule has 2 rings (SSSR count). The van der Waals surface area contributed by atoms with E-state index in [1.165, 1.54) is 17.7 Å². The second-order valence-electron chi connectivity index (χ2n) is 5.25. The van der Waals surface area contributed by atoms with Crippen LogP contribution in [0.3, 0.4) is 0 Å². The van der Waals surface area contributed by atoms with Crippen LogP contribution in [-0.4, -0.2) is 29.0 Å². The molecule has 1 N–H and O–H groups in total. The number of amides is 2.